The molecular weight excluding hydrogens is 725 g/mol. The highest BCUT2D eigenvalue weighted by Crippen LogP contribution is 2.45. The lowest BCUT2D eigenvalue weighted by Gasteiger charge is -2.37. The third-order valence-electron chi connectivity index (χ3n) is 9.86. The van der Waals surface area contributed by atoms with E-state index in [1.165, 1.54) is 17.0 Å². The Morgan fingerprint density at radius 1 is 0.800 bits per heavy atom. The quantitative estimate of drug-likeness (QED) is 0.164. The highest BCUT2D eigenvalue weighted by molar-refractivity contribution is 6.30. The van der Waals surface area contributed by atoms with Crippen molar-refractivity contribution in [2.45, 2.75) is 50.9 Å². The Balaban J connectivity index is 1.44. The lowest BCUT2D eigenvalue weighted by molar-refractivity contribution is -0.137. The minimum Gasteiger partial charge on any atom is -0.444 e. The molecule has 1 atom stereocenters. The van der Waals surface area contributed by atoms with Crippen LogP contribution in [0.4, 0.5) is 23.8 Å². The molecule has 0 spiro atoms. The van der Waals surface area contributed by atoms with Crippen LogP contribution in [-0.2, 0) is 21.2 Å². The molecule has 0 radical (unpaired) electrons. The summed E-state index contributed by atoms with van der Waals surface area (Å²) in [5.74, 6) is -0.775. The van der Waals surface area contributed by atoms with E-state index in [4.69, 9.17) is 21.4 Å². The third kappa shape index (κ3) is 7.56. The molecule has 0 saturated carbocycles. The first-order valence-electron chi connectivity index (χ1n) is 18.1. The average molecular weight is 765 g/mol. The normalized spacial score (nSPS) is 15.2. The first kappa shape index (κ1) is 37.7. The van der Waals surface area contributed by atoms with Crippen LogP contribution in [0.2, 0.25) is 5.02 Å². The van der Waals surface area contributed by atoms with Crippen LogP contribution in [0.25, 0.3) is 22.0 Å². The SMILES string of the molecule is CC(C)(C)OC(=O)N1CCC[C@@H](C(=O)Nc2nn(C(c3ccccc3)(c3ccccc3)c3ccccc3)c3ccc(-c4ccc(Cl)cc4C(F)(F)F)cc23)C1. The predicted octanol–water partition coefficient (Wildman–Crippen LogP) is 10.8. The van der Waals surface area contributed by atoms with E-state index in [0.29, 0.717) is 30.3 Å². The second-order valence-corrected chi connectivity index (χ2v) is 15.2. The second kappa shape index (κ2) is 14.9. The van der Waals surface area contributed by atoms with Gasteiger partial charge in [-0.05, 0) is 85.7 Å². The number of anilines is 1. The minimum atomic E-state index is -4.68. The van der Waals surface area contributed by atoms with Crippen molar-refractivity contribution in [3.63, 3.8) is 0 Å². The van der Waals surface area contributed by atoms with Gasteiger partial charge in [0.05, 0.1) is 17.0 Å². The lowest BCUT2D eigenvalue weighted by Crippen LogP contribution is -2.45. The summed E-state index contributed by atoms with van der Waals surface area (Å²) in [6.07, 6.45) is -4.06. The summed E-state index contributed by atoms with van der Waals surface area (Å²) < 4.78 is 50.7. The molecule has 7 rings (SSSR count). The summed E-state index contributed by atoms with van der Waals surface area (Å²) in [4.78, 5) is 28.7. The molecule has 6 aromatic rings. The monoisotopic (exact) mass is 764 g/mol. The summed E-state index contributed by atoms with van der Waals surface area (Å²) >= 11 is 6.06. The van der Waals surface area contributed by atoms with E-state index in [2.05, 4.69) is 5.32 Å². The number of rotatable bonds is 7. The van der Waals surface area contributed by atoms with Crippen molar-refractivity contribution in [2.75, 3.05) is 18.4 Å². The third-order valence-corrected chi connectivity index (χ3v) is 10.1. The number of carbonyl (C=O) groups is 2. The summed E-state index contributed by atoms with van der Waals surface area (Å²) in [5, 5.41) is 8.63. The van der Waals surface area contributed by atoms with E-state index < -0.39 is 34.9 Å². The number of carbonyl (C=O) groups excluding carboxylic acids is 2. The van der Waals surface area contributed by atoms with Gasteiger partial charge in [-0.2, -0.15) is 18.3 Å². The number of piperidine rings is 1. The van der Waals surface area contributed by atoms with Crippen molar-refractivity contribution >= 4 is 40.3 Å². The van der Waals surface area contributed by atoms with E-state index in [9.17, 15) is 22.8 Å². The number of ether oxygens (including phenoxy) is 1. The maximum absolute atomic E-state index is 14.4. The van der Waals surface area contributed by atoms with Crippen LogP contribution in [0, 0.1) is 5.92 Å². The summed E-state index contributed by atoms with van der Waals surface area (Å²) in [5.41, 5.74) is 0.709. The summed E-state index contributed by atoms with van der Waals surface area (Å²) in [6.45, 7) is 5.97. The van der Waals surface area contributed by atoms with E-state index >= 15 is 0 Å². The van der Waals surface area contributed by atoms with Crippen LogP contribution in [0.15, 0.2) is 127 Å². The molecule has 7 nitrogen and oxygen atoms in total. The van der Waals surface area contributed by atoms with Gasteiger partial charge in [0.1, 0.15) is 11.1 Å². The zero-order valence-electron chi connectivity index (χ0n) is 30.6. The first-order valence-corrected chi connectivity index (χ1v) is 18.5. The second-order valence-electron chi connectivity index (χ2n) is 14.7. The Morgan fingerprint density at radius 2 is 1.38 bits per heavy atom. The van der Waals surface area contributed by atoms with Crippen molar-refractivity contribution in [3.8, 4) is 11.1 Å². The molecule has 11 heteroatoms. The number of aromatic nitrogens is 2. The zero-order valence-corrected chi connectivity index (χ0v) is 31.4. The molecule has 55 heavy (non-hydrogen) atoms. The Labute approximate surface area is 322 Å². The Hall–Kier alpha value is -5.61. The van der Waals surface area contributed by atoms with Crippen molar-refractivity contribution in [1.29, 1.82) is 0 Å². The molecule has 0 unspecified atom stereocenters. The molecule has 5 aromatic carbocycles. The summed E-state index contributed by atoms with van der Waals surface area (Å²) in [6, 6.07) is 38.2. The highest BCUT2D eigenvalue weighted by atomic mass is 35.5. The first-order chi connectivity index (χ1) is 26.3. The molecule has 1 aromatic heterocycles. The van der Waals surface area contributed by atoms with Gasteiger partial charge in [-0.3, -0.25) is 4.79 Å². The standard InChI is InChI=1S/C44H40ClF3N4O3/c1-42(2,3)55-41(54)51-25-13-14-30(28-51)40(53)49-39-36-26-29(35-23-22-34(45)27-37(35)44(46,47)48)21-24-38(36)52(50-39)43(31-15-7-4-8-16-31,32-17-9-5-10-18-32)33-19-11-6-12-20-33/h4-12,15-24,26-27,30H,13-14,25,28H2,1-3H3,(H,49,50,53)/t30-/m1/s1. The number of likely N-dealkylation sites (tertiary alicyclic amines) is 1. The van der Waals surface area contributed by atoms with Crippen LogP contribution in [-0.4, -0.2) is 45.4 Å². The van der Waals surface area contributed by atoms with Gasteiger partial charge in [0, 0.05) is 23.5 Å². The van der Waals surface area contributed by atoms with Crippen LogP contribution in [0.5, 0.6) is 0 Å². The molecule has 2 heterocycles. The number of nitrogens with one attached hydrogen (secondary N) is 1. The van der Waals surface area contributed by atoms with E-state index in [-0.39, 0.29) is 34.4 Å². The molecular formula is C44H40ClF3N4O3. The maximum atomic E-state index is 14.4. The van der Waals surface area contributed by atoms with Crippen LogP contribution >= 0.6 is 11.6 Å². The van der Waals surface area contributed by atoms with Gasteiger partial charge in [0.2, 0.25) is 5.91 Å². The molecule has 1 fully saturated rings. The Bertz CT molecular complexity index is 2230. The Kier molecular flexibility index (Phi) is 10.2. The van der Waals surface area contributed by atoms with Gasteiger partial charge in [-0.1, -0.05) is 115 Å². The number of halogens is 4. The number of amides is 2. The zero-order chi connectivity index (χ0) is 39.0. The Morgan fingerprint density at radius 3 is 1.93 bits per heavy atom. The van der Waals surface area contributed by atoms with E-state index in [1.807, 2.05) is 95.7 Å². The van der Waals surface area contributed by atoms with Crippen LogP contribution < -0.4 is 5.32 Å². The lowest BCUT2D eigenvalue weighted by atomic mass is 9.77. The number of hydrogen-bond acceptors (Lipinski definition) is 4. The largest absolute Gasteiger partial charge is 0.444 e. The van der Waals surface area contributed by atoms with Gasteiger partial charge in [-0.15, -0.1) is 0 Å². The number of alkyl halides is 3. The predicted molar refractivity (Wildman–Crippen MR) is 209 cm³/mol. The highest BCUT2D eigenvalue weighted by Gasteiger charge is 2.42. The van der Waals surface area contributed by atoms with E-state index in [0.717, 1.165) is 22.8 Å². The number of fused-ring (bicyclic) bond motifs is 1. The molecule has 1 saturated heterocycles. The van der Waals surface area contributed by atoms with E-state index in [1.54, 1.807) is 39.0 Å². The number of benzene rings is 5. The molecule has 1 N–H and O–H groups in total. The summed E-state index contributed by atoms with van der Waals surface area (Å²) in [7, 11) is 0. The molecule has 0 aliphatic carbocycles. The van der Waals surface area contributed by atoms with Crippen molar-refractivity contribution < 1.29 is 27.5 Å². The van der Waals surface area contributed by atoms with Crippen LogP contribution in [0.3, 0.4) is 0 Å². The topological polar surface area (TPSA) is 76.5 Å². The number of hydrogen-bond donors (Lipinski definition) is 1. The van der Waals surface area contributed by atoms with Crippen molar-refractivity contribution in [2.24, 2.45) is 5.92 Å². The fourth-order valence-electron chi connectivity index (χ4n) is 7.44. The van der Waals surface area contributed by atoms with Gasteiger partial charge >= 0.3 is 12.3 Å². The molecule has 2 amide bonds. The molecule has 0 bridgehead atoms. The maximum Gasteiger partial charge on any atom is 0.417 e. The molecule has 282 valence electrons. The fraction of sp³-hybridized carbons (Fsp3) is 0.250. The fourth-order valence-corrected chi connectivity index (χ4v) is 7.62. The number of nitrogens with zero attached hydrogens (tertiary/aromatic N) is 3. The molecule has 1 aliphatic heterocycles. The van der Waals surface area contributed by atoms with Crippen molar-refractivity contribution in [3.05, 3.63) is 155 Å². The smallest absolute Gasteiger partial charge is 0.417 e. The van der Waals surface area contributed by atoms with Gasteiger partial charge in [0.25, 0.3) is 0 Å². The van der Waals surface area contributed by atoms with Gasteiger partial charge in [0.15, 0.2) is 5.82 Å². The van der Waals surface area contributed by atoms with Gasteiger partial charge < -0.3 is 15.0 Å². The van der Waals surface area contributed by atoms with Crippen LogP contribution in [0.1, 0.15) is 55.9 Å². The van der Waals surface area contributed by atoms with Crippen molar-refractivity contribution in [1.82, 2.24) is 14.7 Å². The minimum absolute atomic E-state index is 0.0378. The van der Waals surface area contributed by atoms with Gasteiger partial charge in [-0.25, -0.2) is 9.48 Å². The molecule has 1 aliphatic rings. The average Bonchev–Trinajstić information content (AvgIpc) is 3.52.